The van der Waals surface area contributed by atoms with E-state index in [0.717, 1.165) is 77.0 Å². The Kier molecular flexibility index (Phi) is 36.3. The molecule has 11 atom stereocenters. The first kappa shape index (κ1) is 65.3. The summed E-state index contributed by atoms with van der Waals surface area (Å²) in [7, 11) is -10.8. The molecule has 1 fully saturated rings. The van der Waals surface area contributed by atoms with Crippen LogP contribution in [-0.2, 0) is 41.8 Å². The predicted octanol–water partition coefficient (Wildman–Crippen LogP) is 6.53. The van der Waals surface area contributed by atoms with Gasteiger partial charge in [0.25, 0.3) is 0 Å². The van der Waals surface area contributed by atoms with Gasteiger partial charge in [-0.3, -0.25) is 23.2 Å². The third kappa shape index (κ3) is 32.4. The summed E-state index contributed by atoms with van der Waals surface area (Å²) in [5.41, 5.74) is 0. The molecule has 0 bridgehead atoms. The van der Waals surface area contributed by atoms with Crippen LogP contribution in [0.3, 0.4) is 0 Å². The van der Waals surface area contributed by atoms with Gasteiger partial charge in [0.15, 0.2) is 6.10 Å². The lowest BCUT2D eigenvalue weighted by Crippen LogP contribution is -2.64. The molecule has 0 saturated heterocycles. The lowest BCUT2D eigenvalue weighted by molar-refractivity contribution is -0.216. The van der Waals surface area contributed by atoms with Crippen LogP contribution in [0.25, 0.3) is 0 Å². The monoisotopic (exact) mass is 1040 g/mol. The van der Waals surface area contributed by atoms with Gasteiger partial charge in [-0.2, -0.15) is 0 Å². The third-order valence-electron chi connectivity index (χ3n) is 11.1. The normalized spacial score (nSPS) is 23.0. The van der Waals surface area contributed by atoms with E-state index in [9.17, 15) is 69.1 Å². The lowest BCUT2D eigenvalue weighted by Gasteiger charge is -2.43. The zero-order chi connectivity index (χ0) is 52.2. The molecule has 0 aromatic rings. The van der Waals surface area contributed by atoms with Gasteiger partial charge >= 0.3 is 27.6 Å². The highest BCUT2D eigenvalue weighted by Gasteiger charge is 2.54. The number of phosphoric ester groups is 2. The van der Waals surface area contributed by atoms with E-state index in [1.807, 2.05) is 0 Å². The number of aliphatic hydroxyl groups excluding tert-OH is 7. The van der Waals surface area contributed by atoms with Crippen LogP contribution in [0.1, 0.15) is 149 Å². The molecular formula is C49H84O19P2. The maximum Gasteiger partial charge on any atom is 0.472 e. The van der Waals surface area contributed by atoms with Crippen molar-refractivity contribution >= 4 is 27.6 Å². The number of rotatable bonds is 40. The van der Waals surface area contributed by atoms with Crippen LogP contribution in [0, 0.1) is 0 Å². The van der Waals surface area contributed by atoms with Crippen molar-refractivity contribution in [3.05, 3.63) is 72.9 Å². The van der Waals surface area contributed by atoms with Crippen molar-refractivity contribution in [2.24, 2.45) is 0 Å². The van der Waals surface area contributed by atoms with E-state index in [-0.39, 0.29) is 25.7 Å². The van der Waals surface area contributed by atoms with E-state index >= 15 is 0 Å². The van der Waals surface area contributed by atoms with E-state index in [2.05, 4.69) is 42.7 Å². The van der Waals surface area contributed by atoms with E-state index in [1.54, 1.807) is 36.5 Å². The Labute approximate surface area is 414 Å². The summed E-state index contributed by atoms with van der Waals surface area (Å²) >= 11 is 0. The molecule has 1 aliphatic rings. The topological polar surface area (TPSA) is 317 Å². The van der Waals surface area contributed by atoms with Gasteiger partial charge in [-0.1, -0.05) is 151 Å². The quantitative estimate of drug-likeness (QED) is 0.0102. The molecule has 0 aromatic carbocycles. The standard InChI is InChI=1S/C49H84O19P2/c1-3-5-7-8-9-10-11-12-13-14-15-16-17-18-19-24-28-34-43(54)66-39(37-65-70(62,63)68-49-46(57)44(55)45(56)48(47(49)58)67-69(59,60)61)36-64-42(53)35-29-33-41(52)40(51)32-27-23-21-20-22-26-31-38(50)30-25-6-4-2/h9-10,12-13,20-23,26-27,31-32,38-41,44-52,55-58H,3-8,11,14-19,24-25,28-30,33-37H2,1-2H3,(H,62,63)(H2,59,60,61)/b10-9-,13-12-,22-20-,23-21+,31-26+,32-27+/t38-,39-,40-,41-,44?,45?,46?,47?,48-,49+/m1/s1. The molecule has 19 nitrogen and oxygen atoms in total. The molecule has 0 aromatic heterocycles. The molecule has 1 rings (SSSR count). The highest BCUT2D eigenvalue weighted by Crippen LogP contribution is 2.49. The molecule has 5 unspecified atom stereocenters. The Bertz CT molecular complexity index is 1680. The van der Waals surface area contributed by atoms with Crippen molar-refractivity contribution in [3.63, 3.8) is 0 Å². The molecule has 21 heteroatoms. The minimum atomic E-state index is -5.41. The first-order valence-electron chi connectivity index (χ1n) is 24.8. The molecule has 70 heavy (non-hydrogen) atoms. The molecule has 10 N–H and O–H groups in total. The SMILES string of the molecule is CCCCC/C=C\C/C=C\CCCCCCCCCC(=O)O[C@H](COC(=O)CCC[C@@H](O)[C@H](O)/C=C/C=C/C=C\C=C\[C@H](O)CCCCC)COP(=O)(O)O[C@H]1C(O)C(O)C(O)[C@@H](OP(=O)(O)O)C1O. The minimum absolute atomic E-state index is 0.00151. The highest BCUT2D eigenvalue weighted by molar-refractivity contribution is 7.47. The van der Waals surface area contributed by atoms with E-state index < -0.39 is 102 Å². The van der Waals surface area contributed by atoms with Crippen molar-refractivity contribution < 1.29 is 92.2 Å². The zero-order valence-corrected chi connectivity index (χ0v) is 42.8. The van der Waals surface area contributed by atoms with E-state index in [0.29, 0.717) is 12.8 Å². The Hall–Kier alpha value is -2.68. The smallest absolute Gasteiger partial charge is 0.462 e. The molecule has 0 radical (unpaired) electrons. The fourth-order valence-corrected chi connectivity index (χ4v) is 8.62. The highest BCUT2D eigenvalue weighted by atomic mass is 31.2. The fourth-order valence-electron chi connectivity index (χ4n) is 7.09. The molecule has 0 spiro atoms. The van der Waals surface area contributed by atoms with E-state index in [4.69, 9.17) is 18.5 Å². The van der Waals surface area contributed by atoms with E-state index in [1.165, 1.54) is 31.4 Å². The summed E-state index contributed by atoms with van der Waals surface area (Å²) in [6.45, 7) is 2.68. The molecule has 0 heterocycles. The number of esters is 2. The van der Waals surface area contributed by atoms with Crippen molar-refractivity contribution in [3.8, 4) is 0 Å². The largest absolute Gasteiger partial charge is 0.472 e. The van der Waals surface area contributed by atoms with Gasteiger partial charge in [-0.05, 0) is 57.8 Å². The third-order valence-corrected chi connectivity index (χ3v) is 12.6. The zero-order valence-electron chi connectivity index (χ0n) is 41.0. The second kappa shape index (κ2) is 38.9. The van der Waals surface area contributed by atoms with Gasteiger partial charge in [-0.15, -0.1) is 0 Å². The van der Waals surface area contributed by atoms with Gasteiger partial charge in [0.05, 0.1) is 24.9 Å². The number of carbonyl (C=O) groups excluding carboxylic acids is 2. The lowest BCUT2D eigenvalue weighted by atomic mass is 9.85. The number of phosphoric acid groups is 2. The second-order valence-corrected chi connectivity index (χ2v) is 20.0. The number of carbonyl (C=O) groups is 2. The van der Waals surface area contributed by atoms with Crippen LogP contribution < -0.4 is 0 Å². The Morgan fingerprint density at radius 3 is 1.70 bits per heavy atom. The maximum absolute atomic E-state index is 13.0. The van der Waals surface area contributed by atoms with Gasteiger partial charge in [0.2, 0.25) is 0 Å². The number of ether oxygens (including phenoxy) is 2. The van der Waals surface area contributed by atoms with Crippen LogP contribution in [0.5, 0.6) is 0 Å². The molecule has 1 aliphatic carbocycles. The van der Waals surface area contributed by atoms with Crippen molar-refractivity contribution in [1.29, 1.82) is 0 Å². The number of hydrogen-bond donors (Lipinski definition) is 10. The second-order valence-electron chi connectivity index (χ2n) is 17.4. The van der Waals surface area contributed by atoms with Crippen LogP contribution >= 0.6 is 15.6 Å². The average Bonchev–Trinajstić information content (AvgIpc) is 3.31. The van der Waals surface area contributed by atoms with Crippen molar-refractivity contribution in [1.82, 2.24) is 0 Å². The first-order chi connectivity index (χ1) is 33.3. The average molecular weight is 1040 g/mol. The number of hydrogen-bond acceptors (Lipinski definition) is 16. The molecule has 0 amide bonds. The summed E-state index contributed by atoms with van der Waals surface area (Å²) in [6.07, 6.45) is 20.5. The summed E-state index contributed by atoms with van der Waals surface area (Å²) in [5.74, 6) is -1.55. The Morgan fingerprint density at radius 2 is 1.09 bits per heavy atom. The molecule has 1 saturated carbocycles. The molecule has 404 valence electrons. The van der Waals surface area contributed by atoms with Crippen LogP contribution in [0.4, 0.5) is 0 Å². The van der Waals surface area contributed by atoms with Crippen molar-refractivity contribution in [2.75, 3.05) is 13.2 Å². The van der Waals surface area contributed by atoms with Crippen LogP contribution in [0.2, 0.25) is 0 Å². The van der Waals surface area contributed by atoms with Gasteiger partial charge in [0, 0.05) is 12.8 Å². The summed E-state index contributed by atoms with van der Waals surface area (Å²) in [6, 6.07) is 0. The maximum atomic E-state index is 13.0. The Morgan fingerprint density at radius 1 is 0.557 bits per heavy atom. The summed E-state index contributed by atoms with van der Waals surface area (Å²) < 4.78 is 49.2. The van der Waals surface area contributed by atoms with Gasteiger partial charge in [0.1, 0.15) is 43.2 Å². The fraction of sp³-hybridized carbons (Fsp3) is 0.714. The number of aliphatic hydroxyl groups is 7. The van der Waals surface area contributed by atoms with Crippen LogP contribution in [-0.4, -0.2) is 137 Å². The molecular weight excluding hydrogens is 954 g/mol. The number of allylic oxidation sites excluding steroid dienone is 10. The van der Waals surface area contributed by atoms with Gasteiger partial charge in [-0.25, -0.2) is 9.13 Å². The number of unbranched alkanes of at least 4 members (excludes halogenated alkanes) is 12. The minimum Gasteiger partial charge on any atom is -0.462 e. The first-order valence-corrected chi connectivity index (χ1v) is 27.8. The summed E-state index contributed by atoms with van der Waals surface area (Å²) in [5, 5.41) is 71.9. The summed E-state index contributed by atoms with van der Waals surface area (Å²) in [4.78, 5) is 54.4. The predicted molar refractivity (Wildman–Crippen MR) is 264 cm³/mol. The van der Waals surface area contributed by atoms with Crippen LogP contribution in [0.15, 0.2) is 72.9 Å². The van der Waals surface area contributed by atoms with Crippen molar-refractivity contribution in [2.45, 2.75) is 210 Å². The Balaban J connectivity index is 2.72. The molecule has 0 aliphatic heterocycles. The van der Waals surface area contributed by atoms with Gasteiger partial charge < -0.3 is 59.9 Å².